The molecule has 1 aliphatic rings. The minimum Gasteiger partial charge on any atom is -0.497 e. The SMILES string of the molecule is COc1cccc(NC(=O)COc2ccc(C(=O)NC3CCNC(C)C3)cc2)c1. The van der Waals surface area contributed by atoms with Crippen molar-refractivity contribution in [3.8, 4) is 11.5 Å². The molecule has 0 radical (unpaired) electrons. The van der Waals surface area contributed by atoms with E-state index in [2.05, 4.69) is 22.9 Å². The van der Waals surface area contributed by atoms with Crippen molar-refractivity contribution in [2.75, 3.05) is 25.6 Å². The average molecular weight is 397 g/mol. The summed E-state index contributed by atoms with van der Waals surface area (Å²) in [5, 5.41) is 9.20. The van der Waals surface area contributed by atoms with E-state index in [1.165, 1.54) is 0 Å². The highest BCUT2D eigenvalue weighted by molar-refractivity contribution is 5.94. The molecular weight excluding hydrogens is 370 g/mol. The van der Waals surface area contributed by atoms with Crippen molar-refractivity contribution >= 4 is 17.5 Å². The number of ether oxygens (including phenoxy) is 2. The Kier molecular flexibility index (Phi) is 7.08. The van der Waals surface area contributed by atoms with Crippen LogP contribution in [0.3, 0.4) is 0 Å². The van der Waals surface area contributed by atoms with Gasteiger partial charge in [-0.15, -0.1) is 0 Å². The molecule has 0 aromatic heterocycles. The molecule has 3 rings (SSSR count). The van der Waals surface area contributed by atoms with Gasteiger partial charge in [0, 0.05) is 29.4 Å². The number of anilines is 1. The summed E-state index contributed by atoms with van der Waals surface area (Å²) >= 11 is 0. The van der Waals surface area contributed by atoms with Gasteiger partial charge in [-0.2, -0.15) is 0 Å². The Hall–Kier alpha value is -3.06. The predicted molar refractivity (Wildman–Crippen MR) is 112 cm³/mol. The van der Waals surface area contributed by atoms with Gasteiger partial charge in [0.1, 0.15) is 11.5 Å². The number of carbonyl (C=O) groups excluding carboxylic acids is 2. The van der Waals surface area contributed by atoms with Crippen molar-refractivity contribution in [2.45, 2.75) is 31.8 Å². The van der Waals surface area contributed by atoms with Crippen molar-refractivity contribution in [2.24, 2.45) is 0 Å². The maximum absolute atomic E-state index is 12.4. The fraction of sp³-hybridized carbons (Fsp3) is 0.364. The van der Waals surface area contributed by atoms with Crippen LogP contribution in [0, 0.1) is 0 Å². The molecule has 7 nitrogen and oxygen atoms in total. The highest BCUT2D eigenvalue weighted by Gasteiger charge is 2.20. The Morgan fingerprint density at radius 1 is 1.14 bits per heavy atom. The third kappa shape index (κ3) is 6.22. The summed E-state index contributed by atoms with van der Waals surface area (Å²) in [5.41, 5.74) is 1.21. The second-order valence-electron chi connectivity index (χ2n) is 7.14. The molecule has 154 valence electrons. The van der Waals surface area contributed by atoms with Gasteiger partial charge in [0.2, 0.25) is 0 Å². The third-order valence-corrected chi connectivity index (χ3v) is 4.80. The highest BCUT2D eigenvalue weighted by atomic mass is 16.5. The fourth-order valence-electron chi connectivity index (χ4n) is 3.28. The number of carbonyl (C=O) groups is 2. The number of hydrogen-bond donors (Lipinski definition) is 3. The normalized spacial score (nSPS) is 18.6. The second kappa shape index (κ2) is 9.93. The number of methoxy groups -OCH3 is 1. The Morgan fingerprint density at radius 2 is 1.93 bits per heavy atom. The maximum Gasteiger partial charge on any atom is 0.262 e. The lowest BCUT2D eigenvalue weighted by Crippen LogP contribution is -2.46. The summed E-state index contributed by atoms with van der Waals surface area (Å²) in [5.74, 6) is 0.820. The zero-order chi connectivity index (χ0) is 20.6. The molecule has 2 amide bonds. The van der Waals surface area contributed by atoms with Crippen molar-refractivity contribution in [1.82, 2.24) is 10.6 Å². The maximum atomic E-state index is 12.4. The molecule has 2 unspecified atom stereocenters. The summed E-state index contributed by atoms with van der Waals surface area (Å²) in [6, 6.07) is 14.5. The van der Waals surface area contributed by atoms with Crippen molar-refractivity contribution in [1.29, 1.82) is 0 Å². The predicted octanol–water partition coefficient (Wildman–Crippen LogP) is 2.58. The van der Waals surface area contributed by atoms with Gasteiger partial charge in [0.15, 0.2) is 6.61 Å². The Balaban J connectivity index is 1.47. The number of amides is 2. The number of benzene rings is 2. The molecule has 0 spiro atoms. The minimum atomic E-state index is -0.278. The third-order valence-electron chi connectivity index (χ3n) is 4.80. The summed E-state index contributed by atoms with van der Waals surface area (Å²) in [7, 11) is 1.57. The molecule has 1 saturated heterocycles. The van der Waals surface area contributed by atoms with Gasteiger partial charge in [-0.1, -0.05) is 6.07 Å². The fourth-order valence-corrected chi connectivity index (χ4v) is 3.28. The van der Waals surface area contributed by atoms with E-state index in [0.29, 0.717) is 28.8 Å². The van der Waals surface area contributed by atoms with Crippen LogP contribution >= 0.6 is 0 Å². The van der Waals surface area contributed by atoms with E-state index >= 15 is 0 Å². The lowest BCUT2D eigenvalue weighted by atomic mass is 10.0. The van der Waals surface area contributed by atoms with Crippen molar-refractivity contribution in [3.63, 3.8) is 0 Å². The van der Waals surface area contributed by atoms with Gasteiger partial charge in [-0.05, 0) is 62.7 Å². The molecule has 0 bridgehead atoms. The van der Waals surface area contributed by atoms with E-state index in [1.54, 1.807) is 55.6 Å². The first-order chi connectivity index (χ1) is 14.0. The Labute approximate surface area is 170 Å². The quantitative estimate of drug-likeness (QED) is 0.668. The molecule has 29 heavy (non-hydrogen) atoms. The summed E-state index contributed by atoms with van der Waals surface area (Å²) in [6.07, 6.45) is 1.86. The summed E-state index contributed by atoms with van der Waals surface area (Å²) < 4.78 is 10.6. The van der Waals surface area contributed by atoms with Crippen LogP contribution in [-0.2, 0) is 4.79 Å². The van der Waals surface area contributed by atoms with Gasteiger partial charge >= 0.3 is 0 Å². The number of hydrogen-bond acceptors (Lipinski definition) is 5. The largest absolute Gasteiger partial charge is 0.497 e. The lowest BCUT2D eigenvalue weighted by Gasteiger charge is -2.28. The standard InChI is InChI=1S/C22H27N3O4/c1-15-12-18(10-11-23-15)25-22(27)16-6-8-19(9-7-16)29-14-21(26)24-17-4-3-5-20(13-17)28-2/h3-9,13,15,18,23H,10-12,14H2,1-2H3,(H,24,26)(H,25,27). The number of piperidine rings is 1. The first kappa shape index (κ1) is 20.7. The van der Waals surface area contributed by atoms with Crippen LogP contribution in [0.15, 0.2) is 48.5 Å². The molecular formula is C22H27N3O4. The van der Waals surface area contributed by atoms with Crippen LogP contribution in [0.2, 0.25) is 0 Å². The first-order valence-electron chi connectivity index (χ1n) is 9.74. The van der Waals surface area contributed by atoms with E-state index in [9.17, 15) is 9.59 Å². The van der Waals surface area contributed by atoms with Crippen LogP contribution in [0.1, 0.15) is 30.1 Å². The minimum absolute atomic E-state index is 0.0913. The van der Waals surface area contributed by atoms with E-state index in [-0.39, 0.29) is 24.5 Å². The summed E-state index contributed by atoms with van der Waals surface area (Å²) in [6.45, 7) is 2.90. The van der Waals surface area contributed by atoms with E-state index in [1.807, 2.05) is 0 Å². The van der Waals surface area contributed by atoms with E-state index < -0.39 is 0 Å². The molecule has 0 saturated carbocycles. The molecule has 2 aromatic carbocycles. The van der Waals surface area contributed by atoms with E-state index in [4.69, 9.17) is 9.47 Å². The van der Waals surface area contributed by atoms with Crippen LogP contribution in [0.25, 0.3) is 0 Å². The van der Waals surface area contributed by atoms with Crippen LogP contribution in [0.5, 0.6) is 11.5 Å². The molecule has 2 atom stereocenters. The van der Waals surface area contributed by atoms with Crippen molar-refractivity contribution in [3.05, 3.63) is 54.1 Å². The zero-order valence-corrected chi connectivity index (χ0v) is 16.7. The van der Waals surface area contributed by atoms with Gasteiger partial charge in [0.25, 0.3) is 11.8 Å². The van der Waals surface area contributed by atoms with Crippen LogP contribution in [0.4, 0.5) is 5.69 Å². The Morgan fingerprint density at radius 3 is 2.66 bits per heavy atom. The zero-order valence-electron chi connectivity index (χ0n) is 16.7. The monoisotopic (exact) mass is 397 g/mol. The van der Waals surface area contributed by atoms with Crippen LogP contribution < -0.4 is 25.4 Å². The molecule has 0 aliphatic carbocycles. The molecule has 3 N–H and O–H groups in total. The molecule has 1 aliphatic heterocycles. The topological polar surface area (TPSA) is 88.7 Å². The van der Waals surface area contributed by atoms with Gasteiger partial charge < -0.3 is 25.4 Å². The molecule has 7 heteroatoms. The van der Waals surface area contributed by atoms with Gasteiger partial charge in [-0.25, -0.2) is 0 Å². The van der Waals surface area contributed by atoms with Crippen molar-refractivity contribution < 1.29 is 19.1 Å². The molecule has 2 aromatic rings. The molecule has 1 heterocycles. The highest BCUT2D eigenvalue weighted by Crippen LogP contribution is 2.17. The second-order valence-corrected chi connectivity index (χ2v) is 7.14. The van der Waals surface area contributed by atoms with E-state index in [0.717, 1.165) is 19.4 Å². The number of rotatable bonds is 7. The van der Waals surface area contributed by atoms with Gasteiger partial charge in [0.05, 0.1) is 7.11 Å². The summed E-state index contributed by atoms with van der Waals surface area (Å²) in [4.78, 5) is 24.5. The Bertz CT molecular complexity index is 838. The average Bonchev–Trinajstić information content (AvgIpc) is 2.73. The smallest absolute Gasteiger partial charge is 0.262 e. The van der Waals surface area contributed by atoms with Gasteiger partial charge in [-0.3, -0.25) is 9.59 Å². The molecule has 1 fully saturated rings. The first-order valence-corrected chi connectivity index (χ1v) is 9.74. The lowest BCUT2D eigenvalue weighted by molar-refractivity contribution is -0.118. The van der Waals surface area contributed by atoms with Crippen LogP contribution in [-0.4, -0.2) is 44.2 Å². The number of nitrogens with one attached hydrogen (secondary N) is 3.